The molecule has 0 radical (unpaired) electrons. The summed E-state index contributed by atoms with van der Waals surface area (Å²) in [4.78, 5) is 25.1. The van der Waals surface area contributed by atoms with Gasteiger partial charge in [0, 0.05) is 11.0 Å². The summed E-state index contributed by atoms with van der Waals surface area (Å²) in [6.45, 7) is 2.70. The van der Waals surface area contributed by atoms with Gasteiger partial charge in [-0.3, -0.25) is 9.59 Å². The number of allylic oxidation sites excluding steroid dienone is 1. The molecule has 5 rings (SSSR count). The third kappa shape index (κ3) is 1.89. The monoisotopic (exact) mass is 342 g/mol. The van der Waals surface area contributed by atoms with Crippen LogP contribution in [0.3, 0.4) is 0 Å². The van der Waals surface area contributed by atoms with Gasteiger partial charge in [-0.25, -0.2) is 0 Å². The highest BCUT2D eigenvalue weighted by Gasteiger charge is 2.66. The molecule has 5 nitrogen and oxygen atoms in total. The molecular weight excluding hydrogens is 320 g/mol. The van der Waals surface area contributed by atoms with Crippen LogP contribution >= 0.6 is 0 Å². The molecule has 2 aliphatic carbocycles. The standard InChI is InChI=1S/C20H22O5/c1-19-9-15(12-6-8-23-10-12)25-18(22)13(19)5-7-20-11-24-17(21)14(20)3-2-4-16(19)20/h2-3,6,8,10,13-16H,4-5,7,9,11H2,1H3/t13-,14-,15-,16+,19+,20-/m1/s1. The molecule has 0 N–H and O–H groups in total. The van der Waals surface area contributed by atoms with E-state index in [1.165, 1.54) is 0 Å². The molecule has 0 unspecified atom stereocenters. The van der Waals surface area contributed by atoms with E-state index in [0.717, 1.165) is 31.2 Å². The number of cyclic esters (lactones) is 2. The predicted octanol–water partition coefficient (Wildman–Crippen LogP) is 3.42. The maximum atomic E-state index is 12.8. The van der Waals surface area contributed by atoms with Gasteiger partial charge in [0.1, 0.15) is 6.10 Å². The zero-order valence-corrected chi connectivity index (χ0v) is 14.3. The zero-order chi connectivity index (χ0) is 17.2. The fraction of sp³-hybridized carbons (Fsp3) is 0.600. The lowest BCUT2D eigenvalue weighted by atomic mass is 9.45. The third-order valence-corrected chi connectivity index (χ3v) is 7.32. The Bertz CT molecular complexity index is 750. The Kier molecular flexibility index (Phi) is 3.04. The van der Waals surface area contributed by atoms with Gasteiger partial charge < -0.3 is 13.9 Å². The first-order valence-electron chi connectivity index (χ1n) is 9.10. The van der Waals surface area contributed by atoms with E-state index < -0.39 is 0 Å². The van der Waals surface area contributed by atoms with E-state index in [1.54, 1.807) is 12.5 Å². The molecule has 0 amide bonds. The highest BCUT2D eigenvalue weighted by Crippen LogP contribution is 2.66. The molecule has 3 fully saturated rings. The molecule has 4 aliphatic rings. The molecule has 1 spiro atoms. The van der Waals surface area contributed by atoms with Crippen LogP contribution in [0, 0.1) is 28.6 Å². The molecule has 1 saturated carbocycles. The van der Waals surface area contributed by atoms with Crippen LogP contribution < -0.4 is 0 Å². The second-order valence-corrected chi connectivity index (χ2v) is 8.32. The topological polar surface area (TPSA) is 65.7 Å². The minimum atomic E-state index is -0.273. The summed E-state index contributed by atoms with van der Waals surface area (Å²) in [6, 6.07) is 1.87. The minimum absolute atomic E-state index is 0.103. The van der Waals surface area contributed by atoms with Crippen LogP contribution in [-0.2, 0) is 19.1 Å². The number of fused-ring (bicyclic) bond motifs is 2. The quantitative estimate of drug-likeness (QED) is 0.578. The van der Waals surface area contributed by atoms with Crippen molar-refractivity contribution in [3.63, 3.8) is 0 Å². The summed E-state index contributed by atoms with van der Waals surface area (Å²) in [5, 5.41) is 0. The molecule has 5 heteroatoms. The van der Waals surface area contributed by atoms with E-state index in [2.05, 4.69) is 13.0 Å². The molecule has 0 aromatic carbocycles. The van der Waals surface area contributed by atoms with Gasteiger partial charge in [0.15, 0.2) is 0 Å². The molecule has 2 saturated heterocycles. The SMILES string of the molecule is C[C@]12C[C@H](c3ccoc3)OC(=O)[C@H]1CC[C@@]13COC(=O)[C@H]1C=CC[C@@H]23. The number of furan rings is 1. The zero-order valence-electron chi connectivity index (χ0n) is 14.3. The summed E-state index contributed by atoms with van der Waals surface area (Å²) in [7, 11) is 0. The number of esters is 2. The molecule has 3 heterocycles. The molecule has 1 aromatic rings. The highest BCUT2D eigenvalue weighted by atomic mass is 16.5. The third-order valence-electron chi connectivity index (χ3n) is 7.32. The number of carbonyl (C=O) groups is 2. The van der Waals surface area contributed by atoms with Gasteiger partial charge in [0.25, 0.3) is 0 Å². The maximum Gasteiger partial charge on any atom is 0.313 e. The van der Waals surface area contributed by atoms with Crippen LogP contribution in [0.1, 0.15) is 44.3 Å². The Morgan fingerprint density at radius 2 is 2.12 bits per heavy atom. The van der Waals surface area contributed by atoms with Crippen molar-refractivity contribution in [1.82, 2.24) is 0 Å². The van der Waals surface area contributed by atoms with Gasteiger partial charge >= 0.3 is 11.9 Å². The van der Waals surface area contributed by atoms with Gasteiger partial charge in [-0.2, -0.15) is 0 Å². The summed E-state index contributed by atoms with van der Waals surface area (Å²) >= 11 is 0. The predicted molar refractivity (Wildman–Crippen MR) is 87.1 cm³/mol. The van der Waals surface area contributed by atoms with E-state index in [0.29, 0.717) is 6.61 Å². The van der Waals surface area contributed by atoms with Crippen molar-refractivity contribution in [2.24, 2.45) is 28.6 Å². The fourth-order valence-electron chi connectivity index (χ4n) is 6.09. The molecular formula is C20H22O5. The molecule has 2 aliphatic heterocycles. The smallest absolute Gasteiger partial charge is 0.313 e. The van der Waals surface area contributed by atoms with Crippen molar-refractivity contribution in [1.29, 1.82) is 0 Å². The Labute approximate surface area is 146 Å². The van der Waals surface area contributed by atoms with E-state index in [4.69, 9.17) is 13.9 Å². The van der Waals surface area contributed by atoms with Crippen molar-refractivity contribution in [2.45, 2.75) is 38.7 Å². The average Bonchev–Trinajstić information content (AvgIpc) is 3.23. The highest BCUT2D eigenvalue weighted by molar-refractivity contribution is 5.79. The summed E-state index contributed by atoms with van der Waals surface area (Å²) in [6.07, 6.45) is 10.4. The first kappa shape index (κ1) is 15.2. The van der Waals surface area contributed by atoms with Crippen LogP contribution in [0.15, 0.2) is 35.2 Å². The van der Waals surface area contributed by atoms with E-state index in [-0.39, 0.29) is 46.6 Å². The minimum Gasteiger partial charge on any atom is -0.472 e. The normalized spacial score (nSPS) is 45.2. The molecule has 0 bridgehead atoms. The fourth-order valence-corrected chi connectivity index (χ4v) is 6.09. The molecule has 1 aromatic heterocycles. The first-order chi connectivity index (χ1) is 12.0. The Hall–Kier alpha value is -2.04. The van der Waals surface area contributed by atoms with Crippen LogP contribution in [0.25, 0.3) is 0 Å². The number of hydrogen-bond acceptors (Lipinski definition) is 5. The molecule has 25 heavy (non-hydrogen) atoms. The maximum absolute atomic E-state index is 12.8. The Balaban J connectivity index is 1.56. The number of ether oxygens (including phenoxy) is 2. The number of hydrogen-bond donors (Lipinski definition) is 0. The lowest BCUT2D eigenvalue weighted by molar-refractivity contribution is -0.195. The number of carbonyl (C=O) groups excluding carboxylic acids is 2. The van der Waals surface area contributed by atoms with Gasteiger partial charge in [-0.15, -0.1) is 0 Å². The number of rotatable bonds is 1. The van der Waals surface area contributed by atoms with Crippen LogP contribution in [-0.4, -0.2) is 18.5 Å². The molecule has 6 atom stereocenters. The van der Waals surface area contributed by atoms with Crippen LogP contribution in [0.5, 0.6) is 0 Å². The van der Waals surface area contributed by atoms with Crippen molar-refractivity contribution in [3.05, 3.63) is 36.3 Å². The second kappa shape index (κ2) is 4.99. The van der Waals surface area contributed by atoms with E-state index in [9.17, 15) is 9.59 Å². The van der Waals surface area contributed by atoms with Crippen molar-refractivity contribution in [3.8, 4) is 0 Å². The summed E-state index contributed by atoms with van der Waals surface area (Å²) in [5.74, 6) is -0.218. The van der Waals surface area contributed by atoms with Crippen molar-refractivity contribution in [2.75, 3.05) is 6.61 Å². The molecule has 132 valence electrons. The van der Waals surface area contributed by atoms with Crippen molar-refractivity contribution < 1.29 is 23.5 Å². The van der Waals surface area contributed by atoms with Crippen LogP contribution in [0.2, 0.25) is 0 Å². The summed E-state index contributed by atoms with van der Waals surface area (Å²) < 4.78 is 16.4. The van der Waals surface area contributed by atoms with Gasteiger partial charge in [0.05, 0.1) is 31.0 Å². The first-order valence-corrected chi connectivity index (χ1v) is 9.10. The van der Waals surface area contributed by atoms with E-state index >= 15 is 0 Å². The van der Waals surface area contributed by atoms with Crippen molar-refractivity contribution >= 4 is 11.9 Å². The second-order valence-electron chi connectivity index (χ2n) is 8.32. The Morgan fingerprint density at radius 3 is 2.92 bits per heavy atom. The van der Waals surface area contributed by atoms with Crippen LogP contribution in [0.4, 0.5) is 0 Å². The van der Waals surface area contributed by atoms with E-state index in [1.807, 2.05) is 12.1 Å². The largest absolute Gasteiger partial charge is 0.472 e. The van der Waals surface area contributed by atoms with Gasteiger partial charge in [0.2, 0.25) is 0 Å². The summed E-state index contributed by atoms with van der Waals surface area (Å²) in [5.41, 5.74) is 0.552. The Morgan fingerprint density at radius 1 is 1.24 bits per heavy atom. The average molecular weight is 342 g/mol. The lowest BCUT2D eigenvalue weighted by Crippen LogP contribution is -2.58. The van der Waals surface area contributed by atoms with Gasteiger partial charge in [-0.1, -0.05) is 19.1 Å². The lowest BCUT2D eigenvalue weighted by Gasteiger charge is -2.59. The van der Waals surface area contributed by atoms with Gasteiger partial charge in [-0.05, 0) is 43.1 Å².